The molecule has 124 valence electrons. The third-order valence-corrected chi connectivity index (χ3v) is 6.35. The van der Waals surface area contributed by atoms with Gasteiger partial charge in [-0.2, -0.15) is 0 Å². The zero-order valence-electron chi connectivity index (χ0n) is 13.1. The van der Waals surface area contributed by atoms with Gasteiger partial charge < -0.3 is 9.47 Å². The van der Waals surface area contributed by atoms with E-state index >= 15 is 0 Å². The predicted molar refractivity (Wildman–Crippen MR) is 103 cm³/mol. The Morgan fingerprint density at radius 2 is 2.12 bits per heavy atom. The van der Waals surface area contributed by atoms with Gasteiger partial charge >= 0.3 is 5.97 Å². The molecule has 0 saturated heterocycles. The molecule has 2 aromatic rings. The number of thiophene rings is 1. The molecular formula is C18H16O3S3. The Hall–Kier alpha value is -1.63. The van der Waals surface area contributed by atoms with E-state index in [9.17, 15) is 4.79 Å². The van der Waals surface area contributed by atoms with Gasteiger partial charge in [-0.3, -0.25) is 0 Å². The van der Waals surface area contributed by atoms with Gasteiger partial charge in [-0.15, -0.1) is 34.9 Å². The number of thioether (sulfide) groups is 2. The number of rotatable bonds is 5. The minimum absolute atomic E-state index is 0.264. The fourth-order valence-corrected chi connectivity index (χ4v) is 4.61. The van der Waals surface area contributed by atoms with Crippen molar-refractivity contribution in [1.82, 2.24) is 0 Å². The summed E-state index contributed by atoms with van der Waals surface area (Å²) in [6, 6.07) is 13.6. The molecule has 0 saturated carbocycles. The van der Waals surface area contributed by atoms with Gasteiger partial charge in [0.2, 0.25) is 0 Å². The first kappa shape index (κ1) is 17.2. The Balaban J connectivity index is 1.66. The predicted octanol–water partition coefficient (Wildman–Crippen LogP) is 5.13. The van der Waals surface area contributed by atoms with Crippen LogP contribution in [0.5, 0.6) is 0 Å². The van der Waals surface area contributed by atoms with Crippen molar-refractivity contribution < 1.29 is 14.3 Å². The molecule has 1 aliphatic rings. The van der Waals surface area contributed by atoms with Crippen LogP contribution < -0.4 is 0 Å². The summed E-state index contributed by atoms with van der Waals surface area (Å²) < 4.78 is 12.4. The summed E-state index contributed by atoms with van der Waals surface area (Å²) in [5, 5.41) is 2.01. The van der Waals surface area contributed by atoms with Crippen LogP contribution in [-0.2, 0) is 20.9 Å². The van der Waals surface area contributed by atoms with Crippen molar-refractivity contribution in [3.8, 4) is 0 Å². The third kappa shape index (κ3) is 4.47. The Kier molecular flexibility index (Phi) is 6.07. The molecule has 3 rings (SSSR count). The Bertz CT molecular complexity index is 749. The summed E-state index contributed by atoms with van der Waals surface area (Å²) in [5.74, 6) is 1.70. The van der Waals surface area contributed by atoms with Crippen LogP contribution in [0.2, 0.25) is 0 Å². The van der Waals surface area contributed by atoms with E-state index < -0.39 is 0 Å². The van der Waals surface area contributed by atoms with Crippen molar-refractivity contribution in [3.05, 3.63) is 74.4 Å². The van der Waals surface area contributed by atoms with E-state index in [1.165, 1.54) is 6.08 Å². The fourth-order valence-electron chi connectivity index (χ4n) is 2.09. The van der Waals surface area contributed by atoms with Crippen molar-refractivity contribution in [1.29, 1.82) is 0 Å². The van der Waals surface area contributed by atoms with E-state index in [4.69, 9.17) is 9.47 Å². The molecule has 0 amide bonds. The van der Waals surface area contributed by atoms with Gasteiger partial charge in [-0.25, -0.2) is 4.79 Å². The topological polar surface area (TPSA) is 35.5 Å². The molecule has 0 atom stereocenters. The van der Waals surface area contributed by atoms with Gasteiger partial charge in [0.15, 0.2) is 5.76 Å². The zero-order chi connectivity index (χ0) is 16.8. The Labute approximate surface area is 153 Å². The standard InChI is InChI=1S/C18H16O3S3/c1-22-18-17(15-8-5-9-23-15)21-14(12-24-18)10-16(19)20-11-13-6-3-2-4-7-13/h2-10H,11-12H2,1H3/b14-10+. The molecular weight excluding hydrogens is 360 g/mol. The quantitative estimate of drug-likeness (QED) is 0.534. The van der Waals surface area contributed by atoms with Crippen LogP contribution in [0.15, 0.2) is 63.9 Å². The third-order valence-electron chi connectivity index (χ3n) is 3.20. The average Bonchev–Trinajstić information content (AvgIpc) is 3.15. The maximum Gasteiger partial charge on any atom is 0.334 e. The number of hydrogen-bond donors (Lipinski definition) is 0. The second-order valence-electron chi connectivity index (χ2n) is 4.89. The van der Waals surface area contributed by atoms with Gasteiger partial charge in [-0.1, -0.05) is 36.4 Å². The lowest BCUT2D eigenvalue weighted by Gasteiger charge is -2.20. The summed E-state index contributed by atoms with van der Waals surface area (Å²) in [7, 11) is 0. The second-order valence-corrected chi connectivity index (χ2v) is 7.90. The lowest BCUT2D eigenvalue weighted by Crippen LogP contribution is -2.08. The molecule has 6 heteroatoms. The molecule has 0 radical (unpaired) electrons. The van der Waals surface area contributed by atoms with Crippen LogP contribution in [0.1, 0.15) is 10.4 Å². The summed E-state index contributed by atoms with van der Waals surface area (Å²) in [5.41, 5.74) is 0.965. The first-order valence-electron chi connectivity index (χ1n) is 7.30. The van der Waals surface area contributed by atoms with E-state index in [0.717, 1.165) is 20.4 Å². The normalized spacial score (nSPS) is 16.1. The van der Waals surface area contributed by atoms with Crippen molar-refractivity contribution in [2.45, 2.75) is 6.61 Å². The lowest BCUT2D eigenvalue weighted by molar-refractivity contribution is -0.139. The maximum absolute atomic E-state index is 12.0. The molecule has 0 spiro atoms. The highest BCUT2D eigenvalue weighted by atomic mass is 32.2. The minimum Gasteiger partial charge on any atom is -0.458 e. The fraction of sp³-hybridized carbons (Fsp3) is 0.167. The van der Waals surface area contributed by atoms with Gasteiger partial charge in [0.25, 0.3) is 0 Å². The number of esters is 1. The summed E-state index contributed by atoms with van der Waals surface area (Å²) >= 11 is 4.97. The van der Waals surface area contributed by atoms with Crippen LogP contribution in [0.25, 0.3) is 5.76 Å². The van der Waals surface area contributed by atoms with Crippen LogP contribution in [0.3, 0.4) is 0 Å². The molecule has 0 unspecified atom stereocenters. The SMILES string of the molecule is CSC1=C(c2cccs2)O/C(=C/C(=O)OCc2ccccc2)CS1. The highest BCUT2D eigenvalue weighted by molar-refractivity contribution is 8.22. The number of carbonyl (C=O) groups is 1. The summed E-state index contributed by atoms with van der Waals surface area (Å²) in [4.78, 5) is 13.1. The van der Waals surface area contributed by atoms with E-state index in [1.807, 2.05) is 54.1 Å². The largest absolute Gasteiger partial charge is 0.458 e. The van der Waals surface area contributed by atoms with E-state index in [1.54, 1.807) is 34.9 Å². The van der Waals surface area contributed by atoms with Gasteiger partial charge in [0.1, 0.15) is 12.4 Å². The lowest BCUT2D eigenvalue weighted by atomic mass is 10.2. The van der Waals surface area contributed by atoms with Crippen LogP contribution >= 0.6 is 34.9 Å². The monoisotopic (exact) mass is 376 g/mol. The minimum atomic E-state index is -0.382. The molecule has 1 aliphatic heterocycles. The smallest absolute Gasteiger partial charge is 0.334 e. The molecule has 2 heterocycles. The molecule has 1 aromatic heterocycles. The zero-order valence-corrected chi connectivity index (χ0v) is 15.5. The molecule has 0 aliphatic carbocycles. The summed E-state index contributed by atoms with van der Waals surface area (Å²) in [6.07, 6.45) is 3.47. The molecule has 3 nitrogen and oxygen atoms in total. The van der Waals surface area contributed by atoms with Gasteiger partial charge in [0.05, 0.1) is 20.9 Å². The highest BCUT2D eigenvalue weighted by Gasteiger charge is 2.21. The molecule has 24 heavy (non-hydrogen) atoms. The molecule has 0 N–H and O–H groups in total. The van der Waals surface area contributed by atoms with Crippen LogP contribution in [-0.4, -0.2) is 18.0 Å². The Morgan fingerprint density at radius 3 is 2.83 bits per heavy atom. The number of hydrogen-bond acceptors (Lipinski definition) is 6. The first-order chi connectivity index (χ1) is 11.8. The van der Waals surface area contributed by atoms with Crippen LogP contribution in [0, 0.1) is 0 Å². The first-order valence-corrected chi connectivity index (χ1v) is 10.4. The number of carbonyl (C=O) groups excluding carboxylic acids is 1. The van der Waals surface area contributed by atoms with E-state index in [0.29, 0.717) is 11.5 Å². The molecule has 0 bridgehead atoms. The maximum atomic E-state index is 12.0. The van der Waals surface area contributed by atoms with E-state index in [-0.39, 0.29) is 12.6 Å². The van der Waals surface area contributed by atoms with Crippen molar-refractivity contribution in [2.24, 2.45) is 0 Å². The van der Waals surface area contributed by atoms with E-state index in [2.05, 4.69) is 0 Å². The van der Waals surface area contributed by atoms with Crippen molar-refractivity contribution in [3.63, 3.8) is 0 Å². The highest BCUT2D eigenvalue weighted by Crippen LogP contribution is 2.42. The summed E-state index contributed by atoms with van der Waals surface area (Å²) in [6.45, 7) is 0.264. The molecule has 0 fully saturated rings. The Morgan fingerprint density at radius 1 is 1.29 bits per heavy atom. The number of ether oxygens (including phenoxy) is 2. The van der Waals surface area contributed by atoms with Gasteiger partial charge in [0, 0.05) is 0 Å². The van der Waals surface area contributed by atoms with Crippen LogP contribution in [0.4, 0.5) is 0 Å². The molecule has 1 aromatic carbocycles. The van der Waals surface area contributed by atoms with Crippen molar-refractivity contribution >= 4 is 46.6 Å². The second kappa shape index (κ2) is 8.46. The number of benzene rings is 1. The average molecular weight is 377 g/mol. The van der Waals surface area contributed by atoms with Crippen molar-refractivity contribution in [2.75, 3.05) is 12.0 Å². The van der Waals surface area contributed by atoms with Gasteiger partial charge in [-0.05, 0) is 23.3 Å².